The van der Waals surface area contributed by atoms with Crippen molar-refractivity contribution < 1.29 is 39.8 Å². The van der Waals surface area contributed by atoms with Crippen molar-refractivity contribution in [2.45, 2.75) is 269 Å². The molecule has 0 bridgehead atoms. The van der Waals surface area contributed by atoms with Gasteiger partial charge in [-0.05, 0) is 44.9 Å². The molecule has 9 heteroatoms. The second kappa shape index (κ2) is 41.4. The van der Waals surface area contributed by atoms with E-state index in [0.717, 1.165) is 44.9 Å². The Morgan fingerprint density at radius 2 is 0.950 bits per heavy atom. The average molecular weight is 850 g/mol. The molecular formula is C51H95NO8. The first-order valence-electron chi connectivity index (χ1n) is 25.2. The molecule has 7 unspecified atom stereocenters. The molecule has 1 aliphatic heterocycles. The van der Waals surface area contributed by atoms with Gasteiger partial charge in [0.1, 0.15) is 24.4 Å². The molecule has 0 aromatic rings. The summed E-state index contributed by atoms with van der Waals surface area (Å²) in [5, 5.41) is 54.2. The first-order valence-corrected chi connectivity index (χ1v) is 25.2. The lowest BCUT2D eigenvalue weighted by Crippen LogP contribution is -2.60. The molecule has 1 aliphatic rings. The molecular weight excluding hydrogens is 755 g/mol. The number of aliphatic hydroxyl groups is 5. The minimum Gasteiger partial charge on any atom is -0.394 e. The number of aliphatic hydroxyl groups excluding tert-OH is 5. The topological polar surface area (TPSA) is 149 Å². The molecule has 1 fully saturated rings. The van der Waals surface area contributed by atoms with Gasteiger partial charge in [-0.25, -0.2) is 0 Å². The van der Waals surface area contributed by atoms with E-state index in [1.165, 1.54) is 161 Å². The summed E-state index contributed by atoms with van der Waals surface area (Å²) in [6.07, 6.45) is 45.0. The third kappa shape index (κ3) is 31.3. The van der Waals surface area contributed by atoms with Gasteiger partial charge in [-0.3, -0.25) is 4.79 Å². The highest BCUT2D eigenvalue weighted by Gasteiger charge is 2.44. The highest BCUT2D eigenvalue weighted by atomic mass is 16.7. The molecule has 1 amide bonds. The van der Waals surface area contributed by atoms with Gasteiger partial charge in [0.25, 0.3) is 0 Å². The maximum atomic E-state index is 12.9. The molecule has 0 radical (unpaired) electrons. The monoisotopic (exact) mass is 850 g/mol. The number of unbranched alkanes of at least 4 members (excludes halogenated alkanes) is 28. The lowest BCUT2D eigenvalue weighted by molar-refractivity contribution is -0.302. The molecule has 0 saturated carbocycles. The predicted octanol–water partition coefficient (Wildman–Crippen LogP) is 11.2. The second-order valence-electron chi connectivity index (χ2n) is 17.6. The summed E-state index contributed by atoms with van der Waals surface area (Å²) in [5.41, 5.74) is 0. The van der Waals surface area contributed by atoms with E-state index in [-0.39, 0.29) is 12.5 Å². The van der Waals surface area contributed by atoms with Crippen molar-refractivity contribution in [1.82, 2.24) is 5.32 Å². The van der Waals surface area contributed by atoms with Crippen molar-refractivity contribution in [3.63, 3.8) is 0 Å². The van der Waals surface area contributed by atoms with Crippen molar-refractivity contribution in [1.29, 1.82) is 0 Å². The highest BCUT2D eigenvalue weighted by molar-refractivity contribution is 5.76. The van der Waals surface area contributed by atoms with Gasteiger partial charge in [0.05, 0.1) is 25.4 Å². The number of amides is 1. The van der Waals surface area contributed by atoms with E-state index >= 15 is 0 Å². The van der Waals surface area contributed by atoms with Crippen LogP contribution >= 0.6 is 0 Å². The zero-order valence-corrected chi connectivity index (χ0v) is 38.7. The van der Waals surface area contributed by atoms with Crippen molar-refractivity contribution in [2.75, 3.05) is 13.2 Å². The highest BCUT2D eigenvalue weighted by Crippen LogP contribution is 2.23. The van der Waals surface area contributed by atoms with Crippen LogP contribution in [0.1, 0.15) is 226 Å². The van der Waals surface area contributed by atoms with Gasteiger partial charge in [0.15, 0.2) is 6.29 Å². The molecule has 352 valence electrons. The molecule has 60 heavy (non-hydrogen) atoms. The van der Waals surface area contributed by atoms with E-state index in [1.54, 1.807) is 6.08 Å². The van der Waals surface area contributed by atoms with Crippen molar-refractivity contribution in [3.05, 3.63) is 36.5 Å². The molecule has 6 N–H and O–H groups in total. The number of nitrogens with one attached hydrogen (secondary N) is 1. The number of carbonyl (C=O) groups is 1. The Kier molecular flexibility index (Phi) is 39.0. The van der Waals surface area contributed by atoms with E-state index in [4.69, 9.17) is 9.47 Å². The molecule has 7 atom stereocenters. The smallest absolute Gasteiger partial charge is 0.220 e. The molecule has 0 aromatic carbocycles. The Bertz CT molecular complexity index is 1030. The van der Waals surface area contributed by atoms with Crippen LogP contribution in [0.3, 0.4) is 0 Å². The molecule has 1 rings (SSSR count). The van der Waals surface area contributed by atoms with Gasteiger partial charge in [0, 0.05) is 6.42 Å². The van der Waals surface area contributed by atoms with Gasteiger partial charge >= 0.3 is 0 Å². The summed E-state index contributed by atoms with van der Waals surface area (Å²) in [6, 6.07) is -0.824. The summed E-state index contributed by atoms with van der Waals surface area (Å²) in [6.45, 7) is 3.75. The lowest BCUT2D eigenvalue weighted by atomic mass is 9.99. The minimum absolute atomic E-state index is 0.192. The average Bonchev–Trinajstić information content (AvgIpc) is 3.25. The molecule has 0 aliphatic carbocycles. The number of ether oxygens (including phenoxy) is 2. The van der Waals surface area contributed by atoms with Crippen molar-refractivity contribution in [2.24, 2.45) is 0 Å². The van der Waals surface area contributed by atoms with Gasteiger partial charge < -0.3 is 40.3 Å². The van der Waals surface area contributed by atoms with Gasteiger partial charge in [-0.1, -0.05) is 211 Å². The number of rotatable bonds is 42. The fraction of sp³-hybridized carbons (Fsp3) is 0.863. The first kappa shape index (κ1) is 56.4. The maximum Gasteiger partial charge on any atom is 0.220 e. The first-order chi connectivity index (χ1) is 29.3. The number of hydrogen-bond acceptors (Lipinski definition) is 8. The quantitative estimate of drug-likeness (QED) is 0.0263. The maximum absolute atomic E-state index is 12.9. The Morgan fingerprint density at radius 1 is 0.550 bits per heavy atom. The van der Waals surface area contributed by atoms with E-state index in [2.05, 4.69) is 43.5 Å². The molecule has 0 spiro atoms. The second-order valence-corrected chi connectivity index (χ2v) is 17.6. The molecule has 0 aromatic heterocycles. The third-order valence-electron chi connectivity index (χ3n) is 11.9. The van der Waals surface area contributed by atoms with Gasteiger partial charge in [-0.15, -0.1) is 0 Å². The third-order valence-corrected chi connectivity index (χ3v) is 11.9. The van der Waals surface area contributed by atoms with Crippen LogP contribution in [0.5, 0.6) is 0 Å². The summed E-state index contributed by atoms with van der Waals surface area (Å²) >= 11 is 0. The van der Waals surface area contributed by atoms with Crippen LogP contribution in [0.15, 0.2) is 36.5 Å². The summed E-state index contributed by atoms with van der Waals surface area (Å²) in [7, 11) is 0. The van der Waals surface area contributed by atoms with Gasteiger partial charge in [-0.2, -0.15) is 0 Å². The zero-order chi connectivity index (χ0) is 43.7. The largest absolute Gasteiger partial charge is 0.394 e. The Balaban J connectivity index is 2.28. The summed E-state index contributed by atoms with van der Waals surface area (Å²) in [4.78, 5) is 12.9. The fourth-order valence-electron chi connectivity index (χ4n) is 7.89. The van der Waals surface area contributed by atoms with Crippen LogP contribution in [0.4, 0.5) is 0 Å². The minimum atomic E-state index is -1.57. The predicted molar refractivity (Wildman–Crippen MR) is 249 cm³/mol. The Morgan fingerprint density at radius 3 is 1.40 bits per heavy atom. The van der Waals surface area contributed by atoms with Crippen LogP contribution in [0.25, 0.3) is 0 Å². The normalized spacial score (nSPS) is 20.8. The summed E-state index contributed by atoms with van der Waals surface area (Å²) < 4.78 is 11.2. The Labute approximate surface area is 368 Å². The molecule has 9 nitrogen and oxygen atoms in total. The van der Waals surface area contributed by atoms with E-state index in [1.807, 2.05) is 6.08 Å². The van der Waals surface area contributed by atoms with Crippen LogP contribution < -0.4 is 5.32 Å². The zero-order valence-electron chi connectivity index (χ0n) is 38.7. The van der Waals surface area contributed by atoms with Crippen molar-refractivity contribution >= 4 is 5.91 Å². The van der Waals surface area contributed by atoms with Crippen molar-refractivity contribution in [3.8, 4) is 0 Å². The molecule has 1 heterocycles. The van der Waals surface area contributed by atoms with Gasteiger partial charge in [0.2, 0.25) is 5.91 Å². The van der Waals surface area contributed by atoms with Crippen LogP contribution in [-0.4, -0.2) is 87.5 Å². The van der Waals surface area contributed by atoms with E-state index < -0.39 is 49.5 Å². The van der Waals surface area contributed by atoms with E-state index in [0.29, 0.717) is 6.42 Å². The SMILES string of the molecule is CCCCCCCCCCCCCCCCCC/C=C/CC/C=C/CC/C=C/C(O)C(COC1OC(CO)C(O)C(O)C1O)NC(=O)CCCCCCCCCCCCC. The lowest BCUT2D eigenvalue weighted by Gasteiger charge is -2.40. The summed E-state index contributed by atoms with van der Waals surface area (Å²) in [5.74, 6) is -0.192. The standard InChI is InChI=1S/C51H95NO8/c1-3-5-7-9-11-13-15-16-17-18-19-20-21-22-23-24-25-26-27-28-29-31-32-34-36-38-40-45(54)44(43-59-51-50(58)49(57)48(56)46(42-53)60-51)52-47(55)41-39-37-35-33-30-14-12-10-8-6-4-2/h26-27,31-32,38,40,44-46,48-51,53-54,56-58H,3-25,28-30,33-37,39,41-43H2,1-2H3,(H,52,55)/b27-26+,32-31+,40-38+. The van der Waals surface area contributed by atoms with Crippen LogP contribution in [-0.2, 0) is 14.3 Å². The Hall–Kier alpha value is -1.59. The number of allylic oxidation sites excluding steroid dienone is 5. The van der Waals surface area contributed by atoms with Crippen LogP contribution in [0.2, 0.25) is 0 Å². The fourth-order valence-corrected chi connectivity index (χ4v) is 7.89. The van der Waals surface area contributed by atoms with Crippen LogP contribution in [0, 0.1) is 0 Å². The molecule has 1 saturated heterocycles. The number of carbonyl (C=O) groups excluding carboxylic acids is 1. The number of hydrogen-bond donors (Lipinski definition) is 6. The van der Waals surface area contributed by atoms with E-state index in [9.17, 15) is 30.3 Å².